The standard InChI is InChI=1S/C25H29FN2O3/c1-5-6-7-14-28-22(17-8-11-19(12-9-17)27(3)4)21(24(30)25(28)31)23(29)18-10-13-20(26)16(2)15-18/h8-13,15,22,29H,5-7,14H2,1-4H3/b23-21-. The highest BCUT2D eigenvalue weighted by molar-refractivity contribution is 6.46. The van der Waals surface area contributed by atoms with E-state index >= 15 is 0 Å². The van der Waals surface area contributed by atoms with Crippen molar-refractivity contribution in [3.63, 3.8) is 0 Å². The fraction of sp³-hybridized carbons (Fsp3) is 0.360. The average Bonchev–Trinajstić information content (AvgIpc) is 3.00. The molecule has 1 aliphatic rings. The van der Waals surface area contributed by atoms with E-state index in [2.05, 4.69) is 6.92 Å². The van der Waals surface area contributed by atoms with E-state index in [1.54, 1.807) is 11.8 Å². The van der Waals surface area contributed by atoms with Crippen LogP contribution in [-0.2, 0) is 9.59 Å². The van der Waals surface area contributed by atoms with E-state index in [1.807, 2.05) is 43.3 Å². The first-order chi connectivity index (χ1) is 14.8. The van der Waals surface area contributed by atoms with Gasteiger partial charge in [0.1, 0.15) is 11.6 Å². The molecular formula is C25H29FN2O3. The molecule has 0 aromatic heterocycles. The van der Waals surface area contributed by atoms with E-state index in [-0.39, 0.29) is 11.3 Å². The minimum Gasteiger partial charge on any atom is -0.507 e. The van der Waals surface area contributed by atoms with Gasteiger partial charge in [-0.2, -0.15) is 0 Å². The number of hydrogen-bond acceptors (Lipinski definition) is 4. The quantitative estimate of drug-likeness (QED) is 0.300. The molecule has 1 amide bonds. The van der Waals surface area contributed by atoms with Gasteiger partial charge in [0.15, 0.2) is 0 Å². The van der Waals surface area contributed by atoms with Gasteiger partial charge in [-0.05, 0) is 54.8 Å². The number of Topliss-reactive ketones (excluding diaryl/α,β-unsaturated/α-hetero) is 1. The molecule has 1 unspecified atom stereocenters. The Hall–Kier alpha value is -3.15. The zero-order valence-electron chi connectivity index (χ0n) is 18.5. The van der Waals surface area contributed by atoms with Crippen LogP contribution in [0, 0.1) is 12.7 Å². The summed E-state index contributed by atoms with van der Waals surface area (Å²) in [7, 11) is 3.87. The molecule has 1 N–H and O–H groups in total. The van der Waals surface area contributed by atoms with Crippen LogP contribution in [0.5, 0.6) is 0 Å². The molecule has 1 atom stereocenters. The SMILES string of the molecule is CCCCCN1C(=O)C(=O)/C(=C(\O)c2ccc(F)c(C)c2)C1c1ccc(N(C)C)cc1. The van der Waals surface area contributed by atoms with Crippen molar-refractivity contribution in [1.82, 2.24) is 4.90 Å². The molecule has 164 valence electrons. The molecule has 31 heavy (non-hydrogen) atoms. The van der Waals surface area contributed by atoms with Crippen molar-refractivity contribution in [3.05, 3.63) is 70.5 Å². The Labute approximate surface area is 182 Å². The number of unbranched alkanes of at least 4 members (excludes halogenated alkanes) is 2. The second-order valence-corrected chi connectivity index (χ2v) is 8.15. The zero-order chi connectivity index (χ0) is 22.7. The smallest absolute Gasteiger partial charge is 0.295 e. The molecule has 1 saturated heterocycles. The fourth-order valence-electron chi connectivity index (χ4n) is 3.89. The molecule has 0 spiro atoms. The van der Waals surface area contributed by atoms with Crippen LogP contribution in [0.3, 0.4) is 0 Å². The molecule has 0 radical (unpaired) electrons. The van der Waals surface area contributed by atoms with Crippen LogP contribution in [-0.4, -0.2) is 42.3 Å². The minimum atomic E-state index is -0.710. The summed E-state index contributed by atoms with van der Waals surface area (Å²) in [4.78, 5) is 29.4. The zero-order valence-corrected chi connectivity index (χ0v) is 18.5. The van der Waals surface area contributed by atoms with Crippen LogP contribution in [0.1, 0.15) is 48.9 Å². The molecule has 6 heteroatoms. The van der Waals surface area contributed by atoms with Crippen molar-refractivity contribution < 1.29 is 19.1 Å². The molecule has 2 aromatic carbocycles. The van der Waals surface area contributed by atoms with Crippen LogP contribution in [0.2, 0.25) is 0 Å². The predicted octanol–water partition coefficient (Wildman–Crippen LogP) is 4.81. The first-order valence-electron chi connectivity index (χ1n) is 10.6. The number of halogens is 1. The molecule has 1 aliphatic heterocycles. The summed E-state index contributed by atoms with van der Waals surface area (Å²) in [5, 5.41) is 11.0. The summed E-state index contributed by atoms with van der Waals surface area (Å²) >= 11 is 0. The average molecular weight is 425 g/mol. The normalized spacial score (nSPS) is 18.0. The van der Waals surface area contributed by atoms with Crippen LogP contribution >= 0.6 is 0 Å². The van der Waals surface area contributed by atoms with Gasteiger partial charge in [-0.15, -0.1) is 0 Å². The number of ketones is 1. The molecule has 0 saturated carbocycles. The molecule has 2 aromatic rings. The van der Waals surface area contributed by atoms with Gasteiger partial charge in [0.25, 0.3) is 11.7 Å². The summed E-state index contributed by atoms with van der Waals surface area (Å²) in [5.41, 5.74) is 2.46. The topological polar surface area (TPSA) is 60.9 Å². The summed E-state index contributed by atoms with van der Waals surface area (Å²) in [5.74, 6) is -2.00. The van der Waals surface area contributed by atoms with Crippen molar-refractivity contribution in [1.29, 1.82) is 0 Å². The Morgan fingerprint density at radius 3 is 2.35 bits per heavy atom. The third-order valence-electron chi connectivity index (χ3n) is 5.70. The van der Waals surface area contributed by atoms with Crippen LogP contribution in [0.15, 0.2) is 48.0 Å². The maximum Gasteiger partial charge on any atom is 0.295 e. The highest BCUT2D eigenvalue weighted by Crippen LogP contribution is 2.40. The van der Waals surface area contributed by atoms with E-state index in [0.717, 1.165) is 30.5 Å². The van der Waals surface area contributed by atoms with Gasteiger partial charge < -0.3 is 14.9 Å². The van der Waals surface area contributed by atoms with Crippen molar-refractivity contribution >= 4 is 23.1 Å². The summed E-state index contributed by atoms with van der Waals surface area (Å²) < 4.78 is 13.7. The van der Waals surface area contributed by atoms with Crippen LogP contribution in [0.25, 0.3) is 5.76 Å². The number of likely N-dealkylation sites (tertiary alicyclic amines) is 1. The van der Waals surface area contributed by atoms with E-state index in [4.69, 9.17) is 0 Å². The minimum absolute atomic E-state index is 0.0464. The molecule has 3 rings (SSSR count). The Morgan fingerprint density at radius 2 is 1.77 bits per heavy atom. The number of carbonyl (C=O) groups excluding carboxylic acids is 2. The number of aliphatic hydroxyl groups is 1. The van der Waals surface area contributed by atoms with Gasteiger partial charge in [0.2, 0.25) is 0 Å². The maximum atomic E-state index is 13.7. The van der Waals surface area contributed by atoms with E-state index in [0.29, 0.717) is 17.7 Å². The predicted molar refractivity (Wildman–Crippen MR) is 120 cm³/mol. The number of amides is 1. The van der Waals surface area contributed by atoms with Crippen molar-refractivity contribution in [2.75, 3.05) is 25.5 Å². The molecule has 5 nitrogen and oxygen atoms in total. The van der Waals surface area contributed by atoms with E-state index < -0.39 is 23.5 Å². The lowest BCUT2D eigenvalue weighted by molar-refractivity contribution is -0.139. The number of rotatable bonds is 7. The number of hydrogen-bond donors (Lipinski definition) is 1. The van der Waals surface area contributed by atoms with Crippen LogP contribution < -0.4 is 4.90 Å². The van der Waals surface area contributed by atoms with Gasteiger partial charge in [0.05, 0.1) is 11.6 Å². The number of carbonyl (C=O) groups is 2. The van der Waals surface area contributed by atoms with Crippen molar-refractivity contribution in [2.45, 2.75) is 39.2 Å². The Bertz CT molecular complexity index is 1010. The fourth-order valence-corrected chi connectivity index (χ4v) is 3.89. The third kappa shape index (κ3) is 4.48. The first kappa shape index (κ1) is 22.5. The van der Waals surface area contributed by atoms with Gasteiger partial charge in [-0.1, -0.05) is 31.9 Å². The number of nitrogens with zero attached hydrogens (tertiary/aromatic N) is 2. The maximum absolute atomic E-state index is 13.7. The summed E-state index contributed by atoms with van der Waals surface area (Å²) in [6.07, 6.45) is 2.69. The Balaban J connectivity index is 2.12. The molecule has 0 bridgehead atoms. The molecule has 1 heterocycles. The summed E-state index contributed by atoms with van der Waals surface area (Å²) in [6.45, 7) is 4.09. The van der Waals surface area contributed by atoms with E-state index in [1.165, 1.54) is 18.2 Å². The highest BCUT2D eigenvalue weighted by Gasteiger charge is 2.45. The molecular weight excluding hydrogens is 395 g/mol. The number of anilines is 1. The van der Waals surface area contributed by atoms with Crippen molar-refractivity contribution in [3.8, 4) is 0 Å². The first-order valence-corrected chi connectivity index (χ1v) is 10.6. The molecule has 1 fully saturated rings. The monoisotopic (exact) mass is 424 g/mol. The second-order valence-electron chi connectivity index (χ2n) is 8.15. The largest absolute Gasteiger partial charge is 0.507 e. The number of aryl methyl sites for hydroxylation is 1. The Kier molecular flexibility index (Phi) is 6.78. The lowest BCUT2D eigenvalue weighted by Gasteiger charge is -2.26. The second kappa shape index (κ2) is 9.33. The van der Waals surface area contributed by atoms with E-state index in [9.17, 15) is 19.1 Å². The van der Waals surface area contributed by atoms with Crippen LogP contribution in [0.4, 0.5) is 10.1 Å². The Morgan fingerprint density at radius 1 is 1.10 bits per heavy atom. The van der Waals surface area contributed by atoms with Gasteiger partial charge in [-0.25, -0.2) is 4.39 Å². The van der Waals surface area contributed by atoms with Crippen molar-refractivity contribution in [2.24, 2.45) is 0 Å². The summed E-state index contributed by atoms with van der Waals surface area (Å²) in [6, 6.07) is 11.1. The number of benzene rings is 2. The molecule has 0 aliphatic carbocycles. The lowest BCUT2D eigenvalue weighted by atomic mass is 9.94. The van der Waals surface area contributed by atoms with Gasteiger partial charge >= 0.3 is 0 Å². The number of aliphatic hydroxyl groups excluding tert-OH is 1. The van der Waals surface area contributed by atoms with Gasteiger partial charge in [0, 0.05) is 31.9 Å². The highest BCUT2D eigenvalue weighted by atomic mass is 19.1. The van der Waals surface area contributed by atoms with Gasteiger partial charge in [-0.3, -0.25) is 9.59 Å². The third-order valence-corrected chi connectivity index (χ3v) is 5.70. The lowest BCUT2D eigenvalue weighted by Crippen LogP contribution is -2.30.